The first kappa shape index (κ1) is 11.6. The van der Waals surface area contributed by atoms with Crippen molar-refractivity contribution in [3.8, 4) is 0 Å². The van der Waals surface area contributed by atoms with Crippen LogP contribution in [0.1, 0.15) is 22.4 Å². The molecule has 3 nitrogen and oxygen atoms in total. The highest BCUT2D eigenvalue weighted by Crippen LogP contribution is 2.13. The van der Waals surface area contributed by atoms with Gasteiger partial charge in [0, 0.05) is 0 Å². The number of benzene rings is 1. The Morgan fingerprint density at radius 3 is 2.47 bits per heavy atom. The molecular formula is C14H17N3. The number of hydrogen-bond acceptors (Lipinski definition) is 3. The lowest BCUT2D eigenvalue weighted by Crippen LogP contribution is -2.00. The van der Waals surface area contributed by atoms with Crippen LogP contribution in [-0.4, -0.2) is 10.2 Å². The van der Waals surface area contributed by atoms with Gasteiger partial charge in [0.2, 0.25) is 0 Å². The Balaban J connectivity index is 2.04. The van der Waals surface area contributed by atoms with Gasteiger partial charge in [-0.2, -0.15) is 5.10 Å². The molecule has 2 rings (SSSR count). The van der Waals surface area contributed by atoms with E-state index in [1.807, 2.05) is 6.07 Å². The molecule has 2 N–H and O–H groups in total. The lowest BCUT2D eigenvalue weighted by molar-refractivity contribution is 0.858. The number of aromatic nitrogens is 2. The van der Waals surface area contributed by atoms with Crippen LogP contribution in [-0.2, 0) is 12.8 Å². The third-order valence-electron chi connectivity index (χ3n) is 2.89. The number of rotatable bonds is 3. The van der Waals surface area contributed by atoms with Crippen molar-refractivity contribution in [2.45, 2.75) is 26.7 Å². The van der Waals surface area contributed by atoms with Crippen molar-refractivity contribution in [3.05, 3.63) is 52.7 Å². The zero-order chi connectivity index (χ0) is 12.3. The van der Waals surface area contributed by atoms with Gasteiger partial charge >= 0.3 is 0 Å². The summed E-state index contributed by atoms with van der Waals surface area (Å²) in [7, 11) is 0. The van der Waals surface area contributed by atoms with Crippen LogP contribution in [0, 0.1) is 13.8 Å². The summed E-state index contributed by atoms with van der Waals surface area (Å²) >= 11 is 0. The van der Waals surface area contributed by atoms with Gasteiger partial charge in [0.1, 0.15) is 5.82 Å². The molecule has 0 unspecified atom stereocenters. The molecule has 0 saturated heterocycles. The third kappa shape index (κ3) is 3.03. The number of anilines is 1. The van der Waals surface area contributed by atoms with E-state index >= 15 is 0 Å². The molecule has 1 heterocycles. The van der Waals surface area contributed by atoms with Crippen LogP contribution in [0.3, 0.4) is 0 Å². The van der Waals surface area contributed by atoms with Crippen LogP contribution in [0.5, 0.6) is 0 Å². The van der Waals surface area contributed by atoms with Gasteiger partial charge in [0.15, 0.2) is 0 Å². The van der Waals surface area contributed by atoms with E-state index in [9.17, 15) is 0 Å². The number of nitrogens with two attached hydrogens (primary N) is 1. The lowest BCUT2D eigenvalue weighted by Gasteiger charge is -2.06. The molecule has 88 valence electrons. The van der Waals surface area contributed by atoms with Gasteiger partial charge in [-0.05, 0) is 49.9 Å². The molecule has 0 bridgehead atoms. The molecule has 0 saturated carbocycles. The van der Waals surface area contributed by atoms with Crippen LogP contribution in [0.15, 0.2) is 30.3 Å². The maximum Gasteiger partial charge on any atom is 0.146 e. The highest BCUT2D eigenvalue weighted by molar-refractivity contribution is 5.31. The van der Waals surface area contributed by atoms with Crippen LogP contribution >= 0.6 is 0 Å². The maximum atomic E-state index is 5.50. The highest BCUT2D eigenvalue weighted by Gasteiger charge is 2.01. The van der Waals surface area contributed by atoms with Crippen molar-refractivity contribution < 1.29 is 0 Å². The molecule has 17 heavy (non-hydrogen) atoms. The zero-order valence-corrected chi connectivity index (χ0v) is 10.3. The van der Waals surface area contributed by atoms with E-state index in [1.54, 1.807) is 6.07 Å². The van der Waals surface area contributed by atoms with E-state index < -0.39 is 0 Å². The standard InChI is InChI=1S/C14H17N3/c1-10-3-4-12(11(2)9-10)5-6-13-7-8-14(15)17-16-13/h3-4,7-9H,5-6H2,1-2H3,(H2,15,17). The Morgan fingerprint density at radius 1 is 1.00 bits per heavy atom. The predicted octanol–water partition coefficient (Wildman–Crippen LogP) is 2.46. The second-order valence-corrected chi connectivity index (χ2v) is 4.38. The van der Waals surface area contributed by atoms with Gasteiger partial charge in [-0.15, -0.1) is 5.10 Å². The van der Waals surface area contributed by atoms with E-state index in [-0.39, 0.29) is 0 Å². The molecule has 0 fully saturated rings. The molecule has 0 aliphatic rings. The summed E-state index contributed by atoms with van der Waals surface area (Å²) in [4.78, 5) is 0. The fraction of sp³-hybridized carbons (Fsp3) is 0.286. The molecule has 0 radical (unpaired) electrons. The number of hydrogen-bond donors (Lipinski definition) is 1. The Morgan fingerprint density at radius 2 is 1.82 bits per heavy atom. The van der Waals surface area contributed by atoms with Crippen molar-refractivity contribution in [3.63, 3.8) is 0 Å². The summed E-state index contributed by atoms with van der Waals surface area (Å²) in [5, 5.41) is 7.92. The normalized spacial score (nSPS) is 10.5. The first-order chi connectivity index (χ1) is 8.15. The molecule has 2 aromatic rings. The second kappa shape index (κ2) is 4.95. The number of nitrogen functional groups attached to an aromatic ring is 1. The molecule has 1 aromatic heterocycles. The molecule has 0 aliphatic carbocycles. The van der Waals surface area contributed by atoms with Crippen LogP contribution < -0.4 is 5.73 Å². The van der Waals surface area contributed by atoms with E-state index in [2.05, 4.69) is 42.2 Å². The smallest absolute Gasteiger partial charge is 0.146 e. The Bertz CT molecular complexity index is 503. The molecule has 0 aliphatic heterocycles. The number of nitrogens with zero attached hydrogens (tertiary/aromatic N) is 2. The number of aryl methyl sites for hydroxylation is 4. The molecule has 1 aromatic carbocycles. The van der Waals surface area contributed by atoms with Gasteiger partial charge in [-0.1, -0.05) is 23.8 Å². The molecule has 3 heteroatoms. The maximum absolute atomic E-state index is 5.50. The van der Waals surface area contributed by atoms with E-state index in [0.717, 1.165) is 18.5 Å². The van der Waals surface area contributed by atoms with Crippen molar-refractivity contribution in [2.24, 2.45) is 0 Å². The largest absolute Gasteiger partial charge is 0.382 e. The van der Waals surface area contributed by atoms with Gasteiger partial charge in [0.05, 0.1) is 5.69 Å². The fourth-order valence-electron chi connectivity index (χ4n) is 1.89. The zero-order valence-electron chi connectivity index (χ0n) is 10.3. The quantitative estimate of drug-likeness (QED) is 0.876. The Kier molecular flexibility index (Phi) is 3.38. The first-order valence-corrected chi connectivity index (χ1v) is 5.79. The van der Waals surface area contributed by atoms with Gasteiger partial charge in [-0.3, -0.25) is 0 Å². The van der Waals surface area contributed by atoms with Crippen molar-refractivity contribution >= 4 is 5.82 Å². The van der Waals surface area contributed by atoms with Crippen LogP contribution in [0.4, 0.5) is 5.82 Å². The highest BCUT2D eigenvalue weighted by atomic mass is 15.1. The summed E-state index contributed by atoms with van der Waals surface area (Å²) in [6.45, 7) is 4.26. The molecule has 0 atom stereocenters. The average molecular weight is 227 g/mol. The van der Waals surface area contributed by atoms with Crippen LogP contribution in [0.25, 0.3) is 0 Å². The SMILES string of the molecule is Cc1ccc(CCc2ccc(N)nn2)c(C)c1. The monoisotopic (exact) mass is 227 g/mol. The topological polar surface area (TPSA) is 51.8 Å². The summed E-state index contributed by atoms with van der Waals surface area (Å²) in [6.07, 6.45) is 1.89. The van der Waals surface area contributed by atoms with Crippen molar-refractivity contribution in [1.29, 1.82) is 0 Å². The van der Waals surface area contributed by atoms with Gasteiger partial charge < -0.3 is 5.73 Å². The first-order valence-electron chi connectivity index (χ1n) is 5.79. The van der Waals surface area contributed by atoms with Crippen molar-refractivity contribution in [1.82, 2.24) is 10.2 Å². The van der Waals surface area contributed by atoms with E-state index in [0.29, 0.717) is 5.82 Å². The van der Waals surface area contributed by atoms with Gasteiger partial charge in [-0.25, -0.2) is 0 Å². The summed E-state index contributed by atoms with van der Waals surface area (Å²) < 4.78 is 0. The summed E-state index contributed by atoms with van der Waals surface area (Å²) in [6, 6.07) is 10.3. The molecular weight excluding hydrogens is 210 g/mol. The lowest BCUT2D eigenvalue weighted by atomic mass is 10.0. The van der Waals surface area contributed by atoms with E-state index in [4.69, 9.17) is 5.73 Å². The third-order valence-corrected chi connectivity index (χ3v) is 2.89. The van der Waals surface area contributed by atoms with Crippen LogP contribution in [0.2, 0.25) is 0 Å². The predicted molar refractivity (Wildman–Crippen MR) is 69.8 cm³/mol. The van der Waals surface area contributed by atoms with Crippen molar-refractivity contribution in [2.75, 3.05) is 5.73 Å². The minimum absolute atomic E-state index is 0.472. The second-order valence-electron chi connectivity index (χ2n) is 4.38. The van der Waals surface area contributed by atoms with Gasteiger partial charge in [0.25, 0.3) is 0 Å². The Labute approximate surface area is 102 Å². The Hall–Kier alpha value is -1.90. The minimum Gasteiger partial charge on any atom is -0.382 e. The minimum atomic E-state index is 0.472. The fourth-order valence-corrected chi connectivity index (χ4v) is 1.89. The summed E-state index contributed by atoms with van der Waals surface area (Å²) in [5.41, 5.74) is 10.5. The molecule has 0 amide bonds. The average Bonchev–Trinajstić information content (AvgIpc) is 2.30. The van der Waals surface area contributed by atoms with E-state index in [1.165, 1.54) is 16.7 Å². The molecule has 0 spiro atoms. The summed E-state index contributed by atoms with van der Waals surface area (Å²) in [5.74, 6) is 0.472.